The molecular formula is C13H18N4O2. The number of aromatic nitrogens is 2. The summed E-state index contributed by atoms with van der Waals surface area (Å²) < 4.78 is 5.37. The molecule has 2 aromatic rings. The van der Waals surface area contributed by atoms with Gasteiger partial charge in [-0.2, -0.15) is 5.10 Å². The van der Waals surface area contributed by atoms with Crippen molar-refractivity contribution in [2.45, 2.75) is 33.2 Å². The van der Waals surface area contributed by atoms with E-state index in [2.05, 4.69) is 15.5 Å². The number of nitrogens with two attached hydrogens (primary N) is 1. The number of carbonyl (C=O) groups excluding carboxylic acids is 1. The Morgan fingerprint density at radius 1 is 1.53 bits per heavy atom. The number of nitrogens with one attached hydrogen (secondary N) is 2. The van der Waals surface area contributed by atoms with E-state index in [-0.39, 0.29) is 17.5 Å². The maximum absolute atomic E-state index is 12.0. The Kier molecular flexibility index (Phi) is 3.59. The molecule has 0 aliphatic heterocycles. The molecule has 4 N–H and O–H groups in total. The summed E-state index contributed by atoms with van der Waals surface area (Å²) in [4.78, 5) is 12.0. The van der Waals surface area contributed by atoms with Gasteiger partial charge in [0.15, 0.2) is 5.69 Å². The van der Waals surface area contributed by atoms with Gasteiger partial charge in [-0.25, -0.2) is 0 Å². The number of nitrogens with zero attached hydrogens (tertiary/aromatic N) is 1. The highest BCUT2D eigenvalue weighted by Gasteiger charge is 2.18. The number of furan rings is 1. The van der Waals surface area contributed by atoms with Crippen LogP contribution in [0.3, 0.4) is 0 Å². The van der Waals surface area contributed by atoms with Crippen LogP contribution < -0.4 is 11.1 Å². The van der Waals surface area contributed by atoms with Crippen LogP contribution in [-0.2, 0) is 6.54 Å². The van der Waals surface area contributed by atoms with Gasteiger partial charge in [-0.15, -0.1) is 0 Å². The van der Waals surface area contributed by atoms with E-state index in [0.717, 1.165) is 11.5 Å². The second-order valence-electron chi connectivity index (χ2n) is 4.75. The van der Waals surface area contributed by atoms with Crippen molar-refractivity contribution in [1.82, 2.24) is 15.5 Å². The van der Waals surface area contributed by atoms with E-state index in [1.165, 1.54) is 0 Å². The van der Waals surface area contributed by atoms with E-state index < -0.39 is 0 Å². The van der Waals surface area contributed by atoms with Gasteiger partial charge in [-0.1, -0.05) is 13.8 Å². The molecule has 0 aliphatic carbocycles. The molecule has 2 rings (SSSR count). The van der Waals surface area contributed by atoms with Crippen molar-refractivity contribution in [3.8, 4) is 0 Å². The summed E-state index contributed by atoms with van der Waals surface area (Å²) in [6, 6.07) is 3.67. The lowest BCUT2D eigenvalue weighted by Crippen LogP contribution is -2.23. The molecule has 0 unspecified atom stereocenters. The van der Waals surface area contributed by atoms with Crippen LogP contribution in [-0.4, -0.2) is 16.1 Å². The number of hydrogen-bond acceptors (Lipinski definition) is 4. The molecule has 6 nitrogen and oxygen atoms in total. The lowest BCUT2D eigenvalue weighted by atomic mass is 10.1. The number of amides is 1. The van der Waals surface area contributed by atoms with Crippen LogP contribution in [0.2, 0.25) is 0 Å². The average Bonchev–Trinajstić information content (AvgIpc) is 2.92. The zero-order chi connectivity index (χ0) is 14.0. The molecule has 0 aliphatic rings. The standard InChI is InChI=1S/C13H18N4O2/c1-7(2)11-10(14)12(17-16-11)13(18)15-6-9-5-4-8(3)19-9/h4-5,7H,6,14H2,1-3H3,(H,15,18)(H,16,17). The van der Waals surface area contributed by atoms with Gasteiger partial charge in [0.25, 0.3) is 5.91 Å². The van der Waals surface area contributed by atoms with Gasteiger partial charge >= 0.3 is 0 Å². The van der Waals surface area contributed by atoms with Gasteiger partial charge in [0.2, 0.25) is 0 Å². The highest BCUT2D eigenvalue weighted by Crippen LogP contribution is 2.21. The number of carbonyl (C=O) groups is 1. The maximum atomic E-state index is 12.0. The summed E-state index contributed by atoms with van der Waals surface area (Å²) in [7, 11) is 0. The zero-order valence-corrected chi connectivity index (χ0v) is 11.3. The van der Waals surface area contributed by atoms with Crippen LogP contribution in [0.15, 0.2) is 16.5 Å². The smallest absolute Gasteiger partial charge is 0.274 e. The topological polar surface area (TPSA) is 96.9 Å². The predicted octanol–water partition coefficient (Wildman–Crippen LogP) is 1.95. The third kappa shape index (κ3) is 2.78. The first kappa shape index (κ1) is 13.2. The van der Waals surface area contributed by atoms with E-state index in [0.29, 0.717) is 18.0 Å². The second kappa shape index (κ2) is 5.17. The Morgan fingerprint density at radius 2 is 2.26 bits per heavy atom. The average molecular weight is 262 g/mol. The van der Waals surface area contributed by atoms with E-state index >= 15 is 0 Å². The quantitative estimate of drug-likeness (QED) is 0.784. The van der Waals surface area contributed by atoms with E-state index in [1.807, 2.05) is 32.9 Å². The molecule has 19 heavy (non-hydrogen) atoms. The first-order chi connectivity index (χ1) is 8.99. The molecule has 2 heterocycles. The van der Waals surface area contributed by atoms with Crippen molar-refractivity contribution in [3.05, 3.63) is 35.0 Å². The number of aromatic amines is 1. The molecule has 0 atom stereocenters. The lowest BCUT2D eigenvalue weighted by molar-refractivity contribution is 0.0943. The van der Waals surface area contributed by atoms with Crippen LogP contribution in [0.5, 0.6) is 0 Å². The molecule has 0 radical (unpaired) electrons. The van der Waals surface area contributed by atoms with Crippen LogP contribution in [0.25, 0.3) is 0 Å². The van der Waals surface area contributed by atoms with Crippen LogP contribution in [0.1, 0.15) is 47.5 Å². The molecule has 0 spiro atoms. The normalized spacial score (nSPS) is 10.9. The van der Waals surface area contributed by atoms with Crippen molar-refractivity contribution in [2.75, 3.05) is 5.73 Å². The fourth-order valence-electron chi connectivity index (χ4n) is 1.81. The van der Waals surface area contributed by atoms with Gasteiger partial charge in [0.1, 0.15) is 11.5 Å². The number of anilines is 1. The summed E-state index contributed by atoms with van der Waals surface area (Å²) in [5.74, 6) is 1.39. The monoisotopic (exact) mass is 262 g/mol. The fourth-order valence-corrected chi connectivity index (χ4v) is 1.81. The lowest BCUT2D eigenvalue weighted by Gasteiger charge is -2.03. The first-order valence-corrected chi connectivity index (χ1v) is 6.16. The highest BCUT2D eigenvalue weighted by molar-refractivity contribution is 5.97. The minimum Gasteiger partial charge on any atom is -0.465 e. The van der Waals surface area contributed by atoms with Gasteiger partial charge in [0.05, 0.1) is 17.9 Å². The van der Waals surface area contributed by atoms with Gasteiger partial charge in [-0.3, -0.25) is 9.89 Å². The summed E-state index contributed by atoms with van der Waals surface area (Å²) in [5, 5.41) is 9.49. The van der Waals surface area contributed by atoms with Crippen molar-refractivity contribution in [3.63, 3.8) is 0 Å². The molecule has 1 amide bonds. The van der Waals surface area contributed by atoms with Crippen molar-refractivity contribution in [2.24, 2.45) is 0 Å². The van der Waals surface area contributed by atoms with Crippen molar-refractivity contribution < 1.29 is 9.21 Å². The molecule has 0 saturated heterocycles. The Balaban J connectivity index is 2.04. The van der Waals surface area contributed by atoms with Crippen LogP contribution in [0, 0.1) is 6.92 Å². The SMILES string of the molecule is Cc1ccc(CNC(=O)c2n[nH]c(C(C)C)c2N)o1. The fraction of sp³-hybridized carbons (Fsp3) is 0.385. The number of rotatable bonds is 4. The highest BCUT2D eigenvalue weighted by atomic mass is 16.3. The number of nitrogen functional groups attached to an aromatic ring is 1. The Morgan fingerprint density at radius 3 is 2.79 bits per heavy atom. The summed E-state index contributed by atoms with van der Waals surface area (Å²) in [6.45, 7) is 6.14. The van der Waals surface area contributed by atoms with E-state index in [9.17, 15) is 4.79 Å². The van der Waals surface area contributed by atoms with Crippen molar-refractivity contribution in [1.29, 1.82) is 0 Å². The molecule has 2 aromatic heterocycles. The molecule has 0 bridgehead atoms. The maximum Gasteiger partial charge on any atom is 0.274 e. The molecular weight excluding hydrogens is 244 g/mol. The summed E-state index contributed by atoms with van der Waals surface area (Å²) in [5.41, 5.74) is 7.31. The third-order valence-corrected chi connectivity index (χ3v) is 2.85. The molecule has 6 heteroatoms. The summed E-state index contributed by atoms with van der Waals surface area (Å²) >= 11 is 0. The minimum atomic E-state index is -0.310. The third-order valence-electron chi connectivity index (χ3n) is 2.85. The number of hydrogen-bond donors (Lipinski definition) is 3. The minimum absolute atomic E-state index is 0.196. The van der Waals surface area contributed by atoms with E-state index in [1.54, 1.807) is 0 Å². The second-order valence-corrected chi connectivity index (χ2v) is 4.75. The van der Waals surface area contributed by atoms with Crippen LogP contribution in [0.4, 0.5) is 5.69 Å². The molecule has 102 valence electrons. The van der Waals surface area contributed by atoms with Crippen molar-refractivity contribution >= 4 is 11.6 Å². The van der Waals surface area contributed by atoms with Crippen LogP contribution >= 0.6 is 0 Å². The zero-order valence-electron chi connectivity index (χ0n) is 11.3. The Labute approximate surface area is 111 Å². The van der Waals surface area contributed by atoms with Gasteiger partial charge in [-0.05, 0) is 25.0 Å². The van der Waals surface area contributed by atoms with Gasteiger partial charge in [0, 0.05) is 0 Å². The first-order valence-electron chi connectivity index (χ1n) is 6.16. The molecule has 0 aromatic carbocycles. The number of aryl methyl sites for hydroxylation is 1. The summed E-state index contributed by atoms with van der Waals surface area (Å²) in [6.07, 6.45) is 0. The Bertz CT molecular complexity index is 583. The van der Waals surface area contributed by atoms with Gasteiger partial charge < -0.3 is 15.5 Å². The van der Waals surface area contributed by atoms with E-state index in [4.69, 9.17) is 10.2 Å². The largest absolute Gasteiger partial charge is 0.465 e. The Hall–Kier alpha value is -2.24. The molecule has 0 fully saturated rings. The number of H-pyrrole nitrogens is 1. The predicted molar refractivity (Wildman–Crippen MR) is 71.7 cm³/mol. The molecule has 0 saturated carbocycles.